The highest BCUT2D eigenvalue weighted by molar-refractivity contribution is 7.89. The molecule has 1 aromatic carbocycles. The maximum absolute atomic E-state index is 12.5. The molecular weight excluding hydrogens is 560 g/mol. The zero-order valence-corrected chi connectivity index (χ0v) is 25.9. The van der Waals surface area contributed by atoms with Gasteiger partial charge in [-0.2, -0.15) is 8.42 Å². The molecule has 1 fully saturated rings. The number of rotatable bonds is 15. The van der Waals surface area contributed by atoms with Crippen LogP contribution in [0.1, 0.15) is 70.8 Å². The van der Waals surface area contributed by atoms with Gasteiger partial charge in [-0.25, -0.2) is 19.3 Å². The molecule has 234 valence electrons. The maximum atomic E-state index is 12.5. The molecule has 1 saturated heterocycles. The molecular formula is C29H46N6O6S. The summed E-state index contributed by atoms with van der Waals surface area (Å²) >= 11 is 0. The van der Waals surface area contributed by atoms with Gasteiger partial charge in [-0.15, -0.1) is 4.40 Å². The first-order chi connectivity index (χ1) is 20.1. The van der Waals surface area contributed by atoms with Crippen LogP contribution < -0.4 is 9.46 Å². The fraction of sp³-hybridized carbons (Fsp3) is 0.655. The average molecular weight is 607 g/mol. The average Bonchev–Trinajstić information content (AvgIpc) is 3.26. The summed E-state index contributed by atoms with van der Waals surface area (Å²) in [7, 11) is -2.01. The van der Waals surface area contributed by atoms with Gasteiger partial charge in [0.05, 0.1) is 0 Å². The minimum Gasteiger partial charge on any atom is -0.480 e. The summed E-state index contributed by atoms with van der Waals surface area (Å²) in [6.07, 6.45) is 7.73. The van der Waals surface area contributed by atoms with Gasteiger partial charge in [-0.1, -0.05) is 64.5 Å². The van der Waals surface area contributed by atoms with Crippen LogP contribution in [-0.2, 0) is 21.4 Å². The molecule has 0 radical (unpaired) electrons. The third-order valence-electron chi connectivity index (χ3n) is 7.40. The molecule has 13 heteroatoms. The summed E-state index contributed by atoms with van der Waals surface area (Å²) < 4.78 is 36.7. The largest absolute Gasteiger partial charge is 0.480 e. The van der Waals surface area contributed by atoms with Gasteiger partial charge in [0.15, 0.2) is 17.7 Å². The number of benzene rings is 1. The predicted molar refractivity (Wildman–Crippen MR) is 163 cm³/mol. The fourth-order valence-electron chi connectivity index (χ4n) is 4.84. The van der Waals surface area contributed by atoms with E-state index in [0.29, 0.717) is 37.5 Å². The molecule has 1 atom stereocenters. The highest BCUT2D eigenvalue weighted by Gasteiger charge is 2.32. The molecule has 0 aromatic heterocycles. The van der Waals surface area contributed by atoms with E-state index in [1.165, 1.54) is 0 Å². The maximum Gasteiger partial charge on any atom is 0.415 e. The number of nitrogens with one attached hydrogen (secondary N) is 1. The van der Waals surface area contributed by atoms with Crippen molar-refractivity contribution in [3.63, 3.8) is 0 Å². The standard InChI is InChI=1S/C29H46N6O6S/c1-4-6-8-10-16-34(17-11-9-7-5-2)27-26(31-42(39,40)32-27)30-25(28(36)37)22-23-12-14-24(15-13-23)41-29(38)35-20-18-33(3)19-21-35/h12-15,25H,4-11,16-22H2,1-3H3,(H,30,31)(H,36,37)/t25-/m0/s1. The first-order valence-corrected chi connectivity index (χ1v) is 16.5. The van der Waals surface area contributed by atoms with Gasteiger partial charge in [-0.05, 0) is 37.6 Å². The molecule has 2 N–H and O–H groups in total. The number of nitrogens with zero attached hydrogens (tertiary/aromatic N) is 5. The third kappa shape index (κ3) is 10.6. The Balaban J connectivity index is 1.71. The molecule has 2 heterocycles. The van der Waals surface area contributed by atoms with E-state index in [2.05, 4.69) is 32.9 Å². The zero-order valence-electron chi connectivity index (χ0n) is 25.1. The Morgan fingerprint density at radius 2 is 1.60 bits per heavy atom. The van der Waals surface area contributed by atoms with Crippen molar-refractivity contribution < 1.29 is 27.9 Å². The monoisotopic (exact) mass is 606 g/mol. The molecule has 1 aromatic rings. The number of aliphatic carboxylic acids is 1. The number of carbonyl (C=O) groups is 2. The second kappa shape index (κ2) is 16.4. The van der Waals surface area contributed by atoms with E-state index in [9.17, 15) is 23.1 Å². The fourth-order valence-corrected chi connectivity index (χ4v) is 5.70. The molecule has 0 spiro atoms. The van der Waals surface area contributed by atoms with Gasteiger partial charge in [0, 0.05) is 45.7 Å². The number of unbranched alkanes of at least 4 members (excludes halogenated alkanes) is 6. The molecule has 0 bridgehead atoms. The Bertz CT molecular complexity index is 1180. The van der Waals surface area contributed by atoms with Crippen molar-refractivity contribution in [2.45, 2.75) is 77.7 Å². The molecule has 12 nitrogen and oxygen atoms in total. The zero-order chi connectivity index (χ0) is 30.5. The van der Waals surface area contributed by atoms with Crippen LogP contribution in [-0.4, -0.2) is 104 Å². The Morgan fingerprint density at radius 3 is 2.14 bits per heavy atom. The van der Waals surface area contributed by atoms with Crippen LogP contribution in [0.4, 0.5) is 4.79 Å². The number of amidine groups is 2. The Hall–Kier alpha value is -3.19. The van der Waals surface area contributed by atoms with Crippen molar-refractivity contribution in [2.24, 2.45) is 9.39 Å². The number of carboxylic acids is 1. The van der Waals surface area contributed by atoms with Gasteiger partial charge < -0.3 is 24.5 Å². The lowest BCUT2D eigenvalue weighted by atomic mass is 10.1. The number of hydrogen-bond acceptors (Lipinski definition) is 8. The molecule has 1 amide bonds. The van der Waals surface area contributed by atoms with Crippen molar-refractivity contribution in [3.8, 4) is 5.75 Å². The minimum absolute atomic E-state index is 0.0214. The first kappa shape index (κ1) is 33.3. The van der Waals surface area contributed by atoms with Crippen molar-refractivity contribution in [1.82, 2.24) is 19.4 Å². The van der Waals surface area contributed by atoms with E-state index in [-0.39, 0.29) is 18.1 Å². The second-order valence-electron chi connectivity index (χ2n) is 10.9. The van der Waals surface area contributed by atoms with E-state index >= 15 is 0 Å². The van der Waals surface area contributed by atoms with E-state index < -0.39 is 28.3 Å². The van der Waals surface area contributed by atoms with E-state index in [4.69, 9.17) is 4.74 Å². The lowest BCUT2D eigenvalue weighted by molar-refractivity contribution is -0.138. The number of carboxylic acid groups (broad SMARTS) is 1. The minimum atomic E-state index is -4.02. The van der Waals surface area contributed by atoms with Crippen LogP contribution in [0.15, 0.2) is 33.7 Å². The summed E-state index contributed by atoms with van der Waals surface area (Å²) in [5.41, 5.74) is 0.654. The summed E-state index contributed by atoms with van der Waals surface area (Å²) in [6.45, 7) is 8.25. The number of ether oxygens (including phenoxy) is 1. The number of piperazine rings is 1. The number of carbonyl (C=O) groups excluding carboxylic acids is 1. The third-order valence-corrected chi connectivity index (χ3v) is 8.26. The van der Waals surface area contributed by atoms with E-state index in [1.54, 1.807) is 29.2 Å². The normalized spacial score (nSPS) is 18.4. The molecule has 3 rings (SSSR count). The lowest BCUT2D eigenvalue weighted by Crippen LogP contribution is -2.48. The molecule has 0 unspecified atom stereocenters. The summed E-state index contributed by atoms with van der Waals surface area (Å²) in [6, 6.07) is 5.37. The van der Waals surface area contributed by atoms with Crippen LogP contribution in [0.5, 0.6) is 5.75 Å². The molecule has 42 heavy (non-hydrogen) atoms. The second-order valence-corrected chi connectivity index (χ2v) is 12.3. The lowest BCUT2D eigenvalue weighted by Gasteiger charge is -2.31. The van der Waals surface area contributed by atoms with Gasteiger partial charge in [0.25, 0.3) is 0 Å². The first-order valence-electron chi connectivity index (χ1n) is 15.0. The Labute approximate surface area is 250 Å². The van der Waals surface area contributed by atoms with Crippen LogP contribution >= 0.6 is 0 Å². The van der Waals surface area contributed by atoms with Crippen molar-refractivity contribution >= 4 is 33.9 Å². The summed E-state index contributed by atoms with van der Waals surface area (Å²) in [4.78, 5) is 34.8. The Kier molecular flexibility index (Phi) is 13.0. The molecule has 0 saturated carbocycles. The molecule has 2 aliphatic rings. The van der Waals surface area contributed by atoms with Gasteiger partial charge in [0.1, 0.15) is 5.75 Å². The summed E-state index contributed by atoms with van der Waals surface area (Å²) in [5.74, 6) is -0.678. The Morgan fingerprint density at radius 1 is 1.00 bits per heavy atom. The number of hydrogen-bond donors (Lipinski definition) is 2. The van der Waals surface area contributed by atoms with Crippen molar-refractivity contribution in [2.75, 3.05) is 46.3 Å². The smallest absolute Gasteiger partial charge is 0.415 e. The van der Waals surface area contributed by atoms with E-state index in [0.717, 1.165) is 64.5 Å². The van der Waals surface area contributed by atoms with Crippen molar-refractivity contribution in [3.05, 3.63) is 29.8 Å². The summed E-state index contributed by atoms with van der Waals surface area (Å²) in [5, 5.41) is 9.97. The van der Waals surface area contributed by atoms with Crippen LogP contribution in [0.3, 0.4) is 0 Å². The number of likely N-dealkylation sites (N-methyl/N-ethyl adjacent to an activating group) is 1. The predicted octanol–water partition coefficient (Wildman–Crippen LogP) is 3.54. The van der Waals surface area contributed by atoms with Crippen LogP contribution in [0.2, 0.25) is 0 Å². The van der Waals surface area contributed by atoms with Crippen LogP contribution in [0.25, 0.3) is 0 Å². The highest BCUT2D eigenvalue weighted by Crippen LogP contribution is 2.18. The quantitative estimate of drug-likeness (QED) is 0.289. The van der Waals surface area contributed by atoms with Crippen molar-refractivity contribution in [1.29, 1.82) is 0 Å². The van der Waals surface area contributed by atoms with Gasteiger partial charge in [-0.3, -0.25) is 0 Å². The van der Waals surface area contributed by atoms with Gasteiger partial charge in [0.2, 0.25) is 0 Å². The molecule has 0 aliphatic carbocycles. The van der Waals surface area contributed by atoms with Crippen LogP contribution in [0, 0.1) is 0 Å². The number of aliphatic imine (C=N–C) groups is 1. The molecule has 2 aliphatic heterocycles. The van der Waals surface area contributed by atoms with Gasteiger partial charge >= 0.3 is 22.3 Å². The topological polar surface area (TPSA) is 144 Å². The number of amides is 1. The SMILES string of the molecule is CCCCCCN(CCCCCC)C1=NS(=O)(=O)NC1=N[C@@H](Cc1ccc(OC(=O)N2CCN(C)CC2)cc1)C(=O)O. The van der Waals surface area contributed by atoms with E-state index in [1.807, 2.05) is 11.9 Å². The highest BCUT2D eigenvalue weighted by atomic mass is 32.2.